The van der Waals surface area contributed by atoms with Gasteiger partial charge in [-0.1, -0.05) is 46.3 Å². The molecule has 0 spiro atoms. The van der Waals surface area contributed by atoms with Crippen LogP contribution in [0.2, 0.25) is 0 Å². The van der Waals surface area contributed by atoms with Crippen LogP contribution in [0.15, 0.2) is 64.3 Å². The fourth-order valence-corrected chi connectivity index (χ4v) is 5.20. The Bertz CT molecular complexity index is 928. The normalized spacial score (nSPS) is 30.9. The first-order valence-electron chi connectivity index (χ1n) is 8.20. The summed E-state index contributed by atoms with van der Waals surface area (Å²) in [6.07, 6.45) is 9.41. The van der Waals surface area contributed by atoms with Gasteiger partial charge in [-0.05, 0) is 36.1 Å². The zero-order valence-electron chi connectivity index (χ0n) is 13.6. The third-order valence-electron chi connectivity index (χ3n) is 5.23. The zero-order chi connectivity index (χ0) is 17.8. The van der Waals surface area contributed by atoms with Crippen LogP contribution in [-0.2, 0) is 14.6 Å². The molecule has 2 aliphatic carbocycles. The molecule has 4 nitrogen and oxygen atoms in total. The quantitative estimate of drug-likeness (QED) is 0.747. The van der Waals surface area contributed by atoms with Crippen molar-refractivity contribution in [1.29, 1.82) is 0 Å². The van der Waals surface area contributed by atoms with E-state index in [-0.39, 0.29) is 23.7 Å². The van der Waals surface area contributed by atoms with E-state index >= 15 is 0 Å². The van der Waals surface area contributed by atoms with Gasteiger partial charge < -0.3 is 5.32 Å². The Morgan fingerprint density at radius 1 is 1.16 bits per heavy atom. The SMILES string of the molecule is CS(=O)(=O)C1C=CC2=C(C1=O)C1C=CCC1C(c1ccc(Br)cc1)N2. The van der Waals surface area contributed by atoms with Crippen molar-refractivity contribution < 1.29 is 13.2 Å². The molecule has 1 aromatic rings. The molecule has 1 N–H and O–H groups in total. The number of benzene rings is 1. The summed E-state index contributed by atoms with van der Waals surface area (Å²) in [6, 6.07) is 8.28. The molecule has 0 fully saturated rings. The van der Waals surface area contributed by atoms with Crippen molar-refractivity contribution in [2.75, 3.05) is 6.26 Å². The smallest absolute Gasteiger partial charge is 0.183 e. The summed E-state index contributed by atoms with van der Waals surface area (Å²) in [7, 11) is -3.45. The predicted octanol–water partition coefficient (Wildman–Crippen LogP) is 3.09. The van der Waals surface area contributed by atoms with Gasteiger partial charge in [0.1, 0.15) is 5.25 Å². The molecule has 130 valence electrons. The second-order valence-corrected chi connectivity index (χ2v) is 9.91. The van der Waals surface area contributed by atoms with Crippen molar-refractivity contribution in [3.63, 3.8) is 0 Å². The molecule has 1 aromatic carbocycles. The third-order valence-corrected chi connectivity index (χ3v) is 7.05. The Balaban J connectivity index is 1.76. The molecule has 6 heteroatoms. The van der Waals surface area contributed by atoms with E-state index < -0.39 is 15.1 Å². The summed E-state index contributed by atoms with van der Waals surface area (Å²) in [4.78, 5) is 12.9. The van der Waals surface area contributed by atoms with Gasteiger partial charge in [0.15, 0.2) is 15.6 Å². The van der Waals surface area contributed by atoms with Gasteiger partial charge >= 0.3 is 0 Å². The van der Waals surface area contributed by atoms with E-state index in [0.717, 1.165) is 22.8 Å². The van der Waals surface area contributed by atoms with Crippen molar-refractivity contribution in [3.8, 4) is 0 Å². The van der Waals surface area contributed by atoms with E-state index in [9.17, 15) is 13.2 Å². The standard InChI is InChI=1S/C19H18BrNO3S/c1-25(23,24)16-10-9-15-17(19(16)22)13-3-2-4-14(13)18(21-15)11-5-7-12(20)8-6-11/h2-3,5-10,13-14,16,18,21H,4H2,1H3. The molecule has 0 saturated heterocycles. The number of hydrogen-bond acceptors (Lipinski definition) is 4. The summed E-state index contributed by atoms with van der Waals surface area (Å²) in [5.74, 6) is -0.106. The number of rotatable bonds is 2. The van der Waals surface area contributed by atoms with Crippen LogP contribution in [0.25, 0.3) is 0 Å². The highest BCUT2D eigenvalue weighted by Gasteiger charge is 2.45. The molecule has 0 saturated carbocycles. The summed E-state index contributed by atoms with van der Waals surface area (Å²) < 4.78 is 24.9. The van der Waals surface area contributed by atoms with E-state index in [0.29, 0.717) is 5.57 Å². The number of halogens is 1. The van der Waals surface area contributed by atoms with Crippen LogP contribution in [0.1, 0.15) is 18.0 Å². The fraction of sp³-hybridized carbons (Fsp3) is 0.316. The number of carbonyl (C=O) groups is 1. The highest BCUT2D eigenvalue weighted by atomic mass is 79.9. The Kier molecular flexibility index (Phi) is 4.00. The van der Waals surface area contributed by atoms with Gasteiger partial charge in [-0.3, -0.25) is 4.79 Å². The third kappa shape index (κ3) is 2.81. The first-order chi connectivity index (χ1) is 11.9. The van der Waals surface area contributed by atoms with Gasteiger partial charge in [-0.2, -0.15) is 0 Å². The monoisotopic (exact) mass is 419 g/mol. The van der Waals surface area contributed by atoms with Gasteiger partial charge in [0, 0.05) is 27.9 Å². The molecule has 4 atom stereocenters. The van der Waals surface area contributed by atoms with Crippen LogP contribution >= 0.6 is 15.9 Å². The van der Waals surface area contributed by atoms with E-state index in [1.165, 1.54) is 11.6 Å². The Morgan fingerprint density at radius 3 is 2.56 bits per heavy atom. The fourth-order valence-electron chi connectivity index (χ4n) is 4.05. The lowest BCUT2D eigenvalue weighted by Gasteiger charge is -2.39. The molecule has 0 radical (unpaired) electrons. The number of carbonyl (C=O) groups excluding carboxylic acids is 1. The summed E-state index contributed by atoms with van der Waals surface area (Å²) in [5.41, 5.74) is 2.54. The Hall–Kier alpha value is -1.66. The highest BCUT2D eigenvalue weighted by molar-refractivity contribution is 9.10. The van der Waals surface area contributed by atoms with Crippen LogP contribution in [0.3, 0.4) is 0 Å². The second-order valence-electron chi connectivity index (χ2n) is 6.83. The number of Topliss-reactive ketones (excluding diaryl/α,β-unsaturated/α-hetero) is 1. The van der Waals surface area contributed by atoms with Crippen molar-refractivity contribution in [2.45, 2.75) is 17.7 Å². The first kappa shape index (κ1) is 16.8. The highest BCUT2D eigenvalue weighted by Crippen LogP contribution is 2.46. The lowest BCUT2D eigenvalue weighted by atomic mass is 9.74. The average Bonchev–Trinajstić information content (AvgIpc) is 3.03. The first-order valence-corrected chi connectivity index (χ1v) is 10.9. The molecule has 3 aliphatic rings. The molecule has 0 amide bonds. The Labute approximate surface area is 155 Å². The molecule has 0 bridgehead atoms. The number of sulfone groups is 1. The lowest BCUT2D eigenvalue weighted by Crippen LogP contribution is -2.43. The average molecular weight is 420 g/mol. The topological polar surface area (TPSA) is 63.2 Å². The largest absolute Gasteiger partial charge is 0.378 e. The van der Waals surface area contributed by atoms with Gasteiger partial charge in [-0.25, -0.2) is 8.42 Å². The Morgan fingerprint density at radius 2 is 1.88 bits per heavy atom. The predicted molar refractivity (Wildman–Crippen MR) is 101 cm³/mol. The maximum Gasteiger partial charge on any atom is 0.183 e. The minimum absolute atomic E-state index is 0.0356. The molecule has 4 unspecified atom stereocenters. The van der Waals surface area contributed by atoms with Crippen molar-refractivity contribution in [2.24, 2.45) is 11.8 Å². The molecular weight excluding hydrogens is 402 g/mol. The van der Waals surface area contributed by atoms with Crippen molar-refractivity contribution in [3.05, 3.63) is 69.9 Å². The van der Waals surface area contributed by atoms with E-state index in [4.69, 9.17) is 0 Å². The number of nitrogens with one attached hydrogen (secondary N) is 1. The van der Waals surface area contributed by atoms with Crippen LogP contribution in [0.4, 0.5) is 0 Å². The maximum atomic E-state index is 12.9. The van der Waals surface area contributed by atoms with E-state index in [1.807, 2.05) is 12.1 Å². The van der Waals surface area contributed by atoms with Gasteiger partial charge in [-0.15, -0.1) is 0 Å². The minimum atomic E-state index is -3.45. The number of ketones is 1. The number of allylic oxidation sites excluding steroid dienone is 4. The number of fused-ring (bicyclic) bond motifs is 2. The lowest BCUT2D eigenvalue weighted by molar-refractivity contribution is -0.115. The maximum absolute atomic E-state index is 12.9. The summed E-state index contributed by atoms with van der Waals surface area (Å²) >= 11 is 3.46. The van der Waals surface area contributed by atoms with Crippen LogP contribution in [0.5, 0.6) is 0 Å². The second kappa shape index (κ2) is 5.95. The minimum Gasteiger partial charge on any atom is -0.378 e. The van der Waals surface area contributed by atoms with E-state index in [2.05, 4.69) is 45.5 Å². The van der Waals surface area contributed by atoms with Crippen LogP contribution in [0, 0.1) is 11.8 Å². The molecule has 1 heterocycles. The molecular formula is C19H18BrNO3S. The van der Waals surface area contributed by atoms with Crippen molar-refractivity contribution >= 4 is 31.6 Å². The van der Waals surface area contributed by atoms with Crippen molar-refractivity contribution in [1.82, 2.24) is 5.32 Å². The summed E-state index contributed by atoms with van der Waals surface area (Å²) in [6.45, 7) is 0. The molecule has 0 aromatic heterocycles. The van der Waals surface area contributed by atoms with E-state index in [1.54, 1.807) is 6.08 Å². The van der Waals surface area contributed by atoms with Gasteiger partial charge in [0.25, 0.3) is 0 Å². The molecule has 25 heavy (non-hydrogen) atoms. The van der Waals surface area contributed by atoms with Crippen LogP contribution in [-0.4, -0.2) is 25.7 Å². The van der Waals surface area contributed by atoms with Crippen LogP contribution < -0.4 is 5.32 Å². The van der Waals surface area contributed by atoms with Gasteiger partial charge in [0.05, 0.1) is 6.04 Å². The molecule has 4 rings (SSSR count). The number of hydrogen-bond donors (Lipinski definition) is 1. The molecule has 1 aliphatic heterocycles. The van der Waals surface area contributed by atoms with Gasteiger partial charge in [0.2, 0.25) is 0 Å². The zero-order valence-corrected chi connectivity index (χ0v) is 16.0. The summed E-state index contributed by atoms with van der Waals surface area (Å²) in [5, 5.41) is 2.42.